The van der Waals surface area contributed by atoms with Gasteiger partial charge in [0.05, 0.1) is 11.7 Å². The van der Waals surface area contributed by atoms with Crippen molar-refractivity contribution >= 4 is 0 Å². The van der Waals surface area contributed by atoms with E-state index >= 15 is 0 Å². The van der Waals surface area contributed by atoms with Crippen LogP contribution in [0.4, 0.5) is 0 Å². The van der Waals surface area contributed by atoms with Gasteiger partial charge in [-0.25, -0.2) is 0 Å². The molecule has 1 aromatic heterocycles. The minimum absolute atomic E-state index is 0.732. The Balaban J connectivity index is 0.000000396. The number of hydrogen-bond donors (Lipinski definition) is 0. The summed E-state index contributed by atoms with van der Waals surface area (Å²) in [6.07, 6.45) is 3.71. The lowest BCUT2D eigenvalue weighted by Crippen LogP contribution is -1.98. The summed E-state index contributed by atoms with van der Waals surface area (Å²) >= 11 is 0. The second-order valence-corrected chi connectivity index (χ2v) is 3.31. The van der Waals surface area contributed by atoms with Gasteiger partial charge in [0.15, 0.2) is 0 Å². The van der Waals surface area contributed by atoms with Gasteiger partial charge in [0.2, 0.25) is 0 Å². The summed E-state index contributed by atoms with van der Waals surface area (Å²) < 4.78 is 2.18. The number of rotatable bonds is 2. The van der Waals surface area contributed by atoms with E-state index in [1.54, 1.807) is 0 Å². The molecule has 1 saturated carbocycles. The monoisotopic (exact) mass is 180 g/mol. The van der Waals surface area contributed by atoms with E-state index in [2.05, 4.69) is 29.7 Å². The van der Waals surface area contributed by atoms with Gasteiger partial charge in [-0.2, -0.15) is 5.10 Å². The molecular formula is C11H20N2. The third-order valence-electron chi connectivity index (χ3n) is 2.23. The lowest BCUT2D eigenvalue weighted by molar-refractivity contribution is 0.613. The maximum absolute atomic E-state index is 4.51. The summed E-state index contributed by atoms with van der Waals surface area (Å²) in [5.74, 6) is 0. The molecule has 0 atom stereocenters. The van der Waals surface area contributed by atoms with Crippen LogP contribution in [0.2, 0.25) is 0 Å². The van der Waals surface area contributed by atoms with Crippen LogP contribution in [0, 0.1) is 6.92 Å². The van der Waals surface area contributed by atoms with Gasteiger partial charge in [-0.3, -0.25) is 4.68 Å². The number of aromatic nitrogens is 2. The van der Waals surface area contributed by atoms with Crippen molar-refractivity contribution < 1.29 is 0 Å². The molecule has 0 amide bonds. The van der Waals surface area contributed by atoms with Crippen molar-refractivity contribution in [2.24, 2.45) is 0 Å². The highest BCUT2D eigenvalue weighted by Gasteiger charge is 2.25. The van der Waals surface area contributed by atoms with E-state index < -0.39 is 0 Å². The zero-order valence-corrected chi connectivity index (χ0v) is 9.17. The fourth-order valence-electron chi connectivity index (χ4n) is 1.41. The second-order valence-electron chi connectivity index (χ2n) is 3.31. The van der Waals surface area contributed by atoms with E-state index in [1.165, 1.54) is 24.2 Å². The zero-order chi connectivity index (χ0) is 9.84. The van der Waals surface area contributed by atoms with Crippen molar-refractivity contribution in [2.75, 3.05) is 0 Å². The van der Waals surface area contributed by atoms with Crippen molar-refractivity contribution in [3.05, 3.63) is 17.5 Å². The van der Waals surface area contributed by atoms with E-state index in [0.29, 0.717) is 0 Å². The molecule has 2 rings (SSSR count). The van der Waals surface area contributed by atoms with Gasteiger partial charge in [-0.05, 0) is 32.3 Å². The Kier molecular flexibility index (Phi) is 3.52. The molecule has 13 heavy (non-hydrogen) atoms. The Morgan fingerprint density at radius 1 is 1.46 bits per heavy atom. The third-order valence-corrected chi connectivity index (χ3v) is 2.23. The molecular weight excluding hydrogens is 160 g/mol. The minimum atomic E-state index is 0.732. The number of nitrogens with zero attached hydrogens (tertiary/aromatic N) is 2. The van der Waals surface area contributed by atoms with E-state index in [-0.39, 0.29) is 0 Å². The Hall–Kier alpha value is -0.790. The van der Waals surface area contributed by atoms with Crippen LogP contribution in [0.25, 0.3) is 0 Å². The highest BCUT2D eigenvalue weighted by atomic mass is 15.3. The minimum Gasteiger partial charge on any atom is -0.267 e. The molecule has 1 aromatic rings. The fourth-order valence-corrected chi connectivity index (χ4v) is 1.41. The van der Waals surface area contributed by atoms with E-state index in [9.17, 15) is 0 Å². The lowest BCUT2D eigenvalue weighted by atomic mass is 10.3. The Morgan fingerprint density at radius 3 is 2.46 bits per heavy atom. The summed E-state index contributed by atoms with van der Waals surface area (Å²) in [4.78, 5) is 0. The van der Waals surface area contributed by atoms with Crippen LogP contribution in [0.15, 0.2) is 6.07 Å². The quantitative estimate of drug-likeness (QED) is 0.683. The molecule has 1 heterocycles. The van der Waals surface area contributed by atoms with E-state index in [1.807, 2.05) is 13.8 Å². The first-order valence-electron chi connectivity index (χ1n) is 5.36. The number of hydrogen-bond acceptors (Lipinski definition) is 1. The number of aryl methyl sites for hydroxylation is 2. The summed E-state index contributed by atoms with van der Waals surface area (Å²) in [5, 5.41) is 4.51. The Bertz CT molecular complexity index is 259. The summed E-state index contributed by atoms with van der Waals surface area (Å²) in [6, 6.07) is 2.92. The first-order valence-corrected chi connectivity index (χ1v) is 5.36. The molecule has 0 unspecified atom stereocenters. The second kappa shape index (κ2) is 4.45. The van der Waals surface area contributed by atoms with Crippen molar-refractivity contribution in [3.8, 4) is 0 Å². The van der Waals surface area contributed by atoms with Gasteiger partial charge in [0, 0.05) is 5.69 Å². The molecule has 2 nitrogen and oxygen atoms in total. The Labute approximate surface area is 81.0 Å². The standard InChI is InChI=1S/C9H14N2.C2H6/c1-3-8-6-7(2)11(10-8)9-4-5-9;1-2/h6,9H,3-5H2,1-2H3;1-2H3. The fraction of sp³-hybridized carbons (Fsp3) is 0.727. The molecule has 0 aliphatic heterocycles. The van der Waals surface area contributed by atoms with Crippen molar-refractivity contribution in [1.82, 2.24) is 9.78 Å². The first-order chi connectivity index (χ1) is 6.31. The smallest absolute Gasteiger partial charge is 0.0624 e. The molecule has 1 fully saturated rings. The highest BCUT2D eigenvalue weighted by molar-refractivity contribution is 5.10. The molecule has 1 aliphatic carbocycles. The molecule has 1 aliphatic rings. The summed E-state index contributed by atoms with van der Waals surface area (Å²) in [6.45, 7) is 8.30. The third kappa shape index (κ3) is 2.33. The van der Waals surface area contributed by atoms with Crippen LogP contribution in [-0.2, 0) is 6.42 Å². The van der Waals surface area contributed by atoms with Crippen LogP contribution in [-0.4, -0.2) is 9.78 Å². The van der Waals surface area contributed by atoms with Crippen LogP contribution >= 0.6 is 0 Å². The van der Waals surface area contributed by atoms with Crippen molar-refractivity contribution in [1.29, 1.82) is 0 Å². The topological polar surface area (TPSA) is 17.8 Å². The lowest BCUT2D eigenvalue weighted by Gasteiger charge is -1.98. The van der Waals surface area contributed by atoms with Crippen LogP contribution in [0.1, 0.15) is 51.0 Å². The SMILES string of the molecule is CC.CCc1cc(C)n(C2CC2)n1. The van der Waals surface area contributed by atoms with Gasteiger partial charge < -0.3 is 0 Å². The zero-order valence-electron chi connectivity index (χ0n) is 9.17. The summed E-state index contributed by atoms with van der Waals surface area (Å²) in [7, 11) is 0. The molecule has 0 saturated heterocycles. The molecule has 0 bridgehead atoms. The maximum atomic E-state index is 4.51. The van der Waals surface area contributed by atoms with Gasteiger partial charge >= 0.3 is 0 Å². The Morgan fingerprint density at radius 2 is 2.08 bits per heavy atom. The largest absolute Gasteiger partial charge is 0.267 e. The van der Waals surface area contributed by atoms with Crippen molar-refractivity contribution in [2.45, 2.75) is 53.0 Å². The molecule has 0 spiro atoms. The van der Waals surface area contributed by atoms with Crippen molar-refractivity contribution in [3.63, 3.8) is 0 Å². The van der Waals surface area contributed by atoms with Crippen LogP contribution in [0.5, 0.6) is 0 Å². The maximum Gasteiger partial charge on any atom is 0.0624 e. The van der Waals surface area contributed by atoms with E-state index in [4.69, 9.17) is 0 Å². The van der Waals surface area contributed by atoms with E-state index in [0.717, 1.165) is 12.5 Å². The highest BCUT2D eigenvalue weighted by Crippen LogP contribution is 2.35. The molecule has 74 valence electrons. The predicted molar refractivity (Wildman–Crippen MR) is 56.0 cm³/mol. The van der Waals surface area contributed by atoms with Gasteiger partial charge in [0.1, 0.15) is 0 Å². The molecule has 0 aromatic carbocycles. The van der Waals surface area contributed by atoms with Crippen LogP contribution in [0.3, 0.4) is 0 Å². The van der Waals surface area contributed by atoms with Gasteiger partial charge in [0.25, 0.3) is 0 Å². The van der Waals surface area contributed by atoms with Gasteiger partial charge in [-0.15, -0.1) is 0 Å². The normalized spacial score (nSPS) is 15.1. The summed E-state index contributed by atoms with van der Waals surface area (Å²) in [5.41, 5.74) is 2.55. The van der Waals surface area contributed by atoms with Crippen LogP contribution < -0.4 is 0 Å². The molecule has 0 radical (unpaired) electrons. The molecule has 0 N–H and O–H groups in total. The van der Waals surface area contributed by atoms with Gasteiger partial charge in [-0.1, -0.05) is 20.8 Å². The first kappa shape index (κ1) is 10.3. The average Bonchev–Trinajstić information content (AvgIpc) is 2.94. The predicted octanol–water partition coefficient (Wildman–Crippen LogP) is 3.12. The molecule has 2 heteroatoms. The average molecular weight is 180 g/mol.